The van der Waals surface area contributed by atoms with Crippen molar-refractivity contribution in [3.8, 4) is 21.7 Å². The second-order valence-corrected chi connectivity index (χ2v) is 7.94. The van der Waals surface area contributed by atoms with Crippen LogP contribution in [0, 0.1) is 0 Å². The van der Waals surface area contributed by atoms with E-state index in [0.29, 0.717) is 31.6 Å². The Bertz CT molecular complexity index is 1060. The number of aromatic nitrogens is 1. The number of benzene rings is 1. The number of rotatable bonds is 5. The summed E-state index contributed by atoms with van der Waals surface area (Å²) in [6, 6.07) is 13.8. The smallest absolute Gasteiger partial charge is 0.258 e. The quantitative estimate of drug-likeness (QED) is 0.653. The summed E-state index contributed by atoms with van der Waals surface area (Å²) in [5, 5.41) is 2.08. The van der Waals surface area contributed by atoms with Crippen molar-refractivity contribution in [2.45, 2.75) is 33.2 Å². The molecule has 0 saturated heterocycles. The first kappa shape index (κ1) is 18.7. The molecule has 3 heterocycles. The summed E-state index contributed by atoms with van der Waals surface area (Å²) in [5.41, 5.74) is 4.75. The molecule has 0 N–H and O–H groups in total. The van der Waals surface area contributed by atoms with E-state index >= 15 is 0 Å². The van der Waals surface area contributed by atoms with Gasteiger partial charge < -0.3 is 9.47 Å². The van der Waals surface area contributed by atoms with Crippen molar-refractivity contribution < 1.29 is 4.79 Å². The summed E-state index contributed by atoms with van der Waals surface area (Å²) < 4.78 is 1.88. The van der Waals surface area contributed by atoms with Gasteiger partial charge in [0.25, 0.3) is 5.56 Å². The molecule has 1 aliphatic heterocycles. The van der Waals surface area contributed by atoms with Crippen molar-refractivity contribution in [2.24, 2.45) is 0 Å². The van der Waals surface area contributed by atoms with Gasteiger partial charge in [0.15, 0.2) is 0 Å². The third kappa shape index (κ3) is 3.20. The molecule has 4 nitrogen and oxygen atoms in total. The van der Waals surface area contributed by atoms with Crippen LogP contribution in [0.15, 0.2) is 52.6 Å². The number of fused-ring (bicyclic) bond motifs is 3. The van der Waals surface area contributed by atoms with Gasteiger partial charge in [0, 0.05) is 25.2 Å². The van der Waals surface area contributed by atoms with Gasteiger partial charge in [-0.15, -0.1) is 11.3 Å². The topological polar surface area (TPSA) is 42.3 Å². The van der Waals surface area contributed by atoms with Crippen LogP contribution in [0.1, 0.15) is 25.0 Å². The summed E-state index contributed by atoms with van der Waals surface area (Å²) in [6.45, 7) is 6.05. The minimum absolute atomic E-state index is 0.0271. The van der Waals surface area contributed by atoms with Gasteiger partial charge >= 0.3 is 0 Å². The molecule has 1 aromatic carbocycles. The Morgan fingerprint density at radius 1 is 1.14 bits per heavy atom. The first-order valence-corrected chi connectivity index (χ1v) is 10.7. The molecule has 144 valence electrons. The van der Waals surface area contributed by atoms with Gasteiger partial charge in [-0.2, -0.15) is 0 Å². The molecule has 1 aliphatic rings. The second kappa shape index (κ2) is 7.76. The van der Waals surface area contributed by atoms with Crippen molar-refractivity contribution in [2.75, 3.05) is 13.1 Å². The van der Waals surface area contributed by atoms with Crippen LogP contribution in [0.5, 0.6) is 0 Å². The minimum Gasteiger partial charge on any atom is -0.343 e. The molecule has 0 bridgehead atoms. The average Bonchev–Trinajstić information content (AvgIpc) is 3.20. The van der Waals surface area contributed by atoms with E-state index in [0.717, 1.165) is 28.1 Å². The summed E-state index contributed by atoms with van der Waals surface area (Å²) in [6.07, 6.45) is 1.17. The number of nitrogens with zero attached hydrogens (tertiary/aromatic N) is 2. The maximum absolute atomic E-state index is 13.3. The molecule has 0 fully saturated rings. The fourth-order valence-electron chi connectivity index (χ4n) is 3.99. The molecule has 28 heavy (non-hydrogen) atoms. The number of likely N-dealkylation sites (N-methyl/N-ethyl adjacent to an activating group) is 1. The Labute approximate surface area is 169 Å². The van der Waals surface area contributed by atoms with E-state index in [4.69, 9.17) is 0 Å². The Kier molecular flexibility index (Phi) is 5.18. The van der Waals surface area contributed by atoms with Crippen LogP contribution >= 0.6 is 11.3 Å². The first-order valence-electron chi connectivity index (χ1n) is 9.80. The summed E-state index contributed by atoms with van der Waals surface area (Å²) in [5.74, 6) is 0.106. The lowest BCUT2D eigenvalue weighted by molar-refractivity contribution is -0.130. The van der Waals surface area contributed by atoms with Gasteiger partial charge in [0.1, 0.15) is 0 Å². The van der Waals surface area contributed by atoms with E-state index in [2.05, 4.69) is 11.4 Å². The number of carbonyl (C=O) groups is 1. The van der Waals surface area contributed by atoms with E-state index in [-0.39, 0.29) is 11.5 Å². The Morgan fingerprint density at radius 2 is 1.89 bits per heavy atom. The summed E-state index contributed by atoms with van der Waals surface area (Å²) in [7, 11) is 0. The largest absolute Gasteiger partial charge is 0.343 e. The Morgan fingerprint density at radius 3 is 2.61 bits per heavy atom. The number of amides is 1. The zero-order chi connectivity index (χ0) is 19.7. The van der Waals surface area contributed by atoms with Crippen LogP contribution < -0.4 is 5.56 Å². The molecule has 0 aliphatic carbocycles. The Hall–Kier alpha value is -2.66. The fourth-order valence-corrected chi connectivity index (χ4v) is 5.03. The van der Waals surface area contributed by atoms with Gasteiger partial charge in [-0.1, -0.05) is 30.3 Å². The highest BCUT2D eigenvalue weighted by Gasteiger charge is 2.25. The number of hydrogen-bond acceptors (Lipinski definition) is 3. The van der Waals surface area contributed by atoms with Crippen LogP contribution in [-0.4, -0.2) is 28.5 Å². The predicted molar refractivity (Wildman–Crippen MR) is 115 cm³/mol. The van der Waals surface area contributed by atoms with E-state index in [1.54, 1.807) is 11.3 Å². The monoisotopic (exact) mass is 392 g/mol. The SMILES string of the molecule is CCN(CC)C(=O)Cc1cc(-c2ccccc2)c(=O)n2c1-c1sccc1CC2. The maximum Gasteiger partial charge on any atom is 0.258 e. The first-order chi connectivity index (χ1) is 13.6. The van der Waals surface area contributed by atoms with E-state index < -0.39 is 0 Å². The van der Waals surface area contributed by atoms with Crippen LogP contribution in [0.3, 0.4) is 0 Å². The van der Waals surface area contributed by atoms with Crippen molar-refractivity contribution in [1.29, 1.82) is 0 Å². The lowest BCUT2D eigenvalue weighted by Crippen LogP contribution is -2.33. The van der Waals surface area contributed by atoms with E-state index in [1.165, 1.54) is 5.56 Å². The standard InChI is InChI=1S/C23H24N2O2S/c1-3-24(4-2)20(26)15-18-14-19(16-8-6-5-7-9-16)23(27)25-12-10-17-11-13-28-22(17)21(18)25/h5-9,11,13-14H,3-4,10,12,15H2,1-2H3. The zero-order valence-electron chi connectivity index (χ0n) is 16.3. The third-order valence-electron chi connectivity index (χ3n) is 5.48. The van der Waals surface area contributed by atoms with Crippen molar-refractivity contribution in [1.82, 2.24) is 9.47 Å². The van der Waals surface area contributed by atoms with Gasteiger partial charge in [-0.25, -0.2) is 0 Å². The molecule has 0 atom stereocenters. The lowest BCUT2D eigenvalue weighted by Gasteiger charge is -2.25. The number of thiophene rings is 1. The predicted octanol–water partition coefficient (Wildman–Crippen LogP) is 4.21. The number of carbonyl (C=O) groups excluding carboxylic acids is 1. The van der Waals surface area contributed by atoms with Crippen LogP contribution in [-0.2, 0) is 24.2 Å². The van der Waals surface area contributed by atoms with Crippen molar-refractivity contribution in [3.05, 3.63) is 69.3 Å². The summed E-state index contributed by atoms with van der Waals surface area (Å²) in [4.78, 5) is 29.2. The highest BCUT2D eigenvalue weighted by molar-refractivity contribution is 7.13. The van der Waals surface area contributed by atoms with Gasteiger partial charge in [0.05, 0.1) is 17.0 Å². The van der Waals surface area contributed by atoms with Crippen LogP contribution in [0.4, 0.5) is 0 Å². The molecule has 1 amide bonds. The molecular formula is C23H24N2O2S. The van der Waals surface area contributed by atoms with E-state index in [9.17, 15) is 9.59 Å². The molecular weight excluding hydrogens is 368 g/mol. The Balaban J connectivity index is 1.91. The van der Waals surface area contributed by atoms with Crippen LogP contribution in [0.25, 0.3) is 21.7 Å². The van der Waals surface area contributed by atoms with Crippen molar-refractivity contribution in [3.63, 3.8) is 0 Å². The number of pyridine rings is 1. The van der Waals surface area contributed by atoms with E-state index in [1.807, 2.05) is 59.7 Å². The normalized spacial score (nSPS) is 12.4. The molecule has 4 rings (SSSR count). The highest BCUT2D eigenvalue weighted by Crippen LogP contribution is 2.37. The average molecular weight is 393 g/mol. The lowest BCUT2D eigenvalue weighted by atomic mass is 9.96. The second-order valence-electron chi connectivity index (χ2n) is 7.02. The molecule has 0 saturated carbocycles. The highest BCUT2D eigenvalue weighted by atomic mass is 32.1. The van der Waals surface area contributed by atoms with Crippen LogP contribution in [0.2, 0.25) is 0 Å². The maximum atomic E-state index is 13.3. The molecule has 0 unspecified atom stereocenters. The number of aryl methyl sites for hydroxylation is 1. The fraction of sp³-hybridized carbons (Fsp3) is 0.304. The molecule has 0 radical (unpaired) electrons. The minimum atomic E-state index is 0.0271. The third-order valence-corrected chi connectivity index (χ3v) is 6.44. The summed E-state index contributed by atoms with van der Waals surface area (Å²) >= 11 is 1.65. The molecule has 5 heteroatoms. The van der Waals surface area contributed by atoms with Gasteiger partial charge in [-0.3, -0.25) is 9.59 Å². The van der Waals surface area contributed by atoms with Gasteiger partial charge in [-0.05, 0) is 54.5 Å². The number of hydrogen-bond donors (Lipinski definition) is 0. The van der Waals surface area contributed by atoms with Gasteiger partial charge in [0.2, 0.25) is 5.91 Å². The van der Waals surface area contributed by atoms with Crippen molar-refractivity contribution >= 4 is 17.2 Å². The molecule has 2 aromatic heterocycles. The molecule has 3 aromatic rings. The zero-order valence-corrected chi connectivity index (χ0v) is 17.1. The molecule has 0 spiro atoms.